The van der Waals surface area contributed by atoms with Crippen LogP contribution in [-0.4, -0.2) is 5.78 Å². The number of rotatable bonds is 2. The number of ketones is 1. The van der Waals surface area contributed by atoms with Crippen molar-refractivity contribution in [2.75, 3.05) is 0 Å². The summed E-state index contributed by atoms with van der Waals surface area (Å²) in [6, 6.07) is 2.09. The second-order valence-corrected chi connectivity index (χ2v) is 3.26. The summed E-state index contributed by atoms with van der Waals surface area (Å²) in [6.45, 7) is 6.14. The van der Waals surface area contributed by atoms with Crippen LogP contribution in [0.2, 0.25) is 0 Å². The smallest absolute Gasteiger partial charge is 0.206 e. The Morgan fingerprint density at radius 3 is 2.15 bits per heavy atom. The van der Waals surface area contributed by atoms with Gasteiger partial charge in [0.1, 0.15) is 0 Å². The first-order valence-electron chi connectivity index (χ1n) is 4.05. The quantitative estimate of drug-likeness (QED) is 0.515. The van der Waals surface area contributed by atoms with Gasteiger partial charge in [-0.25, -0.2) is 0 Å². The Labute approximate surface area is 85.0 Å². The van der Waals surface area contributed by atoms with E-state index in [2.05, 4.69) is 6.07 Å². The van der Waals surface area contributed by atoms with Crippen LogP contribution in [0.3, 0.4) is 0 Å². The highest BCUT2D eigenvalue weighted by Gasteiger charge is 2.04. The van der Waals surface area contributed by atoms with Gasteiger partial charge in [0.05, 0.1) is 0 Å². The molecule has 1 heterocycles. The zero-order chi connectivity index (χ0) is 9.14. The lowest BCUT2D eigenvalue weighted by Gasteiger charge is -1.96. The van der Waals surface area contributed by atoms with E-state index in [1.165, 1.54) is 11.1 Å². The highest BCUT2D eigenvalue weighted by Crippen LogP contribution is 1.96. The van der Waals surface area contributed by atoms with Crippen molar-refractivity contribution in [2.24, 2.45) is 0 Å². The average Bonchev–Trinajstić information content (AvgIpc) is 1.81. The third-order valence-electron chi connectivity index (χ3n) is 1.60. The molecule has 0 spiro atoms. The standard InChI is InChI=1S/C10H14NO.ClH/c1-8-4-9(2)6-11(5-8)7-10(3)12;/h4-6H,7H2,1-3H3;1H/q+1;/p-1. The first kappa shape index (κ1) is 12.1. The maximum Gasteiger partial charge on any atom is 0.206 e. The van der Waals surface area contributed by atoms with E-state index in [9.17, 15) is 4.79 Å². The molecular weight excluding hydrogens is 186 g/mol. The molecule has 0 saturated carbocycles. The fraction of sp³-hybridized carbons (Fsp3) is 0.400. The maximum absolute atomic E-state index is 10.8. The number of aryl methyl sites for hydroxylation is 2. The lowest BCUT2D eigenvalue weighted by atomic mass is 10.2. The van der Waals surface area contributed by atoms with Gasteiger partial charge in [-0.05, 0) is 19.9 Å². The van der Waals surface area contributed by atoms with Gasteiger partial charge in [-0.2, -0.15) is 4.57 Å². The second-order valence-electron chi connectivity index (χ2n) is 3.26. The van der Waals surface area contributed by atoms with Crippen LogP contribution in [0.15, 0.2) is 18.5 Å². The summed E-state index contributed by atoms with van der Waals surface area (Å²) in [7, 11) is 0. The monoisotopic (exact) mass is 199 g/mol. The van der Waals surface area contributed by atoms with E-state index in [1.807, 2.05) is 30.8 Å². The molecule has 0 aliphatic heterocycles. The predicted octanol–water partition coefficient (Wildman–Crippen LogP) is -1.82. The molecule has 0 N–H and O–H groups in total. The van der Waals surface area contributed by atoms with Crippen molar-refractivity contribution in [1.82, 2.24) is 0 Å². The van der Waals surface area contributed by atoms with Crippen LogP contribution in [0, 0.1) is 13.8 Å². The number of carbonyl (C=O) groups is 1. The lowest BCUT2D eigenvalue weighted by Crippen LogP contribution is -3.00. The zero-order valence-electron chi connectivity index (χ0n) is 8.17. The molecule has 2 nitrogen and oxygen atoms in total. The van der Waals surface area contributed by atoms with E-state index in [0.717, 1.165) is 0 Å². The van der Waals surface area contributed by atoms with Crippen LogP contribution in [0.4, 0.5) is 0 Å². The van der Waals surface area contributed by atoms with Gasteiger partial charge in [0.2, 0.25) is 6.54 Å². The van der Waals surface area contributed by atoms with Crippen molar-refractivity contribution in [3.8, 4) is 0 Å². The molecule has 0 aromatic carbocycles. The molecule has 0 aliphatic carbocycles. The Bertz CT molecular complexity index is 290. The Morgan fingerprint density at radius 2 is 1.77 bits per heavy atom. The number of carbonyl (C=O) groups excluding carboxylic acids is 1. The van der Waals surface area contributed by atoms with Gasteiger partial charge in [-0.15, -0.1) is 0 Å². The first-order chi connectivity index (χ1) is 5.58. The Balaban J connectivity index is 0.00000144. The van der Waals surface area contributed by atoms with Crippen LogP contribution in [-0.2, 0) is 11.3 Å². The number of halogens is 1. The molecule has 0 radical (unpaired) electrons. The highest BCUT2D eigenvalue weighted by molar-refractivity contribution is 5.73. The third-order valence-corrected chi connectivity index (χ3v) is 1.60. The molecule has 13 heavy (non-hydrogen) atoms. The molecule has 72 valence electrons. The topological polar surface area (TPSA) is 20.9 Å². The summed E-state index contributed by atoms with van der Waals surface area (Å²) < 4.78 is 1.92. The minimum Gasteiger partial charge on any atom is -1.00 e. The second kappa shape index (κ2) is 4.97. The van der Waals surface area contributed by atoms with Crippen LogP contribution >= 0.6 is 0 Å². The van der Waals surface area contributed by atoms with E-state index in [1.54, 1.807) is 6.92 Å². The van der Waals surface area contributed by atoms with Crippen LogP contribution in [0.5, 0.6) is 0 Å². The molecule has 0 aliphatic rings. The summed E-state index contributed by atoms with van der Waals surface area (Å²) in [5.74, 6) is 0.185. The van der Waals surface area contributed by atoms with E-state index in [-0.39, 0.29) is 18.2 Å². The maximum atomic E-state index is 10.8. The lowest BCUT2D eigenvalue weighted by molar-refractivity contribution is -0.684. The molecule has 1 aromatic heterocycles. The van der Waals surface area contributed by atoms with Gasteiger partial charge < -0.3 is 12.4 Å². The number of aromatic nitrogens is 1. The number of nitrogens with zero attached hydrogens (tertiary/aromatic N) is 1. The van der Waals surface area contributed by atoms with E-state index >= 15 is 0 Å². The van der Waals surface area contributed by atoms with Crippen molar-refractivity contribution in [2.45, 2.75) is 27.3 Å². The van der Waals surface area contributed by atoms with Gasteiger partial charge in [0.25, 0.3) is 0 Å². The highest BCUT2D eigenvalue weighted by atomic mass is 35.5. The Morgan fingerprint density at radius 1 is 1.31 bits per heavy atom. The molecule has 1 aromatic rings. The normalized spacial score (nSPS) is 9.15. The van der Waals surface area contributed by atoms with Gasteiger partial charge in [-0.1, -0.05) is 0 Å². The van der Waals surface area contributed by atoms with E-state index in [4.69, 9.17) is 0 Å². The van der Waals surface area contributed by atoms with Crippen molar-refractivity contribution in [1.29, 1.82) is 0 Å². The van der Waals surface area contributed by atoms with Crippen LogP contribution in [0.1, 0.15) is 18.1 Å². The van der Waals surface area contributed by atoms with E-state index in [0.29, 0.717) is 6.54 Å². The average molecular weight is 200 g/mol. The predicted molar refractivity (Wildman–Crippen MR) is 46.8 cm³/mol. The number of hydrogen-bond acceptors (Lipinski definition) is 1. The molecule has 3 heteroatoms. The van der Waals surface area contributed by atoms with Gasteiger partial charge in [-0.3, -0.25) is 4.79 Å². The van der Waals surface area contributed by atoms with E-state index < -0.39 is 0 Å². The molecule has 0 saturated heterocycles. The largest absolute Gasteiger partial charge is 1.00 e. The van der Waals surface area contributed by atoms with Crippen molar-refractivity contribution in [3.63, 3.8) is 0 Å². The Kier molecular flexibility index (Phi) is 4.63. The molecule has 0 unspecified atom stereocenters. The molecule has 0 amide bonds. The first-order valence-corrected chi connectivity index (χ1v) is 4.05. The van der Waals surface area contributed by atoms with Crippen molar-refractivity contribution >= 4 is 5.78 Å². The molecule has 0 bridgehead atoms. The SMILES string of the molecule is CC(=O)C[n+]1cc(C)cc(C)c1.[Cl-]. The zero-order valence-corrected chi connectivity index (χ0v) is 8.93. The van der Waals surface area contributed by atoms with Crippen LogP contribution < -0.4 is 17.0 Å². The van der Waals surface area contributed by atoms with Crippen molar-refractivity contribution < 1.29 is 21.8 Å². The number of pyridine rings is 1. The summed E-state index contributed by atoms with van der Waals surface area (Å²) >= 11 is 0. The summed E-state index contributed by atoms with van der Waals surface area (Å²) in [4.78, 5) is 10.8. The van der Waals surface area contributed by atoms with Gasteiger partial charge in [0, 0.05) is 18.1 Å². The van der Waals surface area contributed by atoms with Crippen molar-refractivity contribution in [3.05, 3.63) is 29.6 Å². The summed E-state index contributed by atoms with van der Waals surface area (Å²) in [5.41, 5.74) is 2.38. The fourth-order valence-electron chi connectivity index (χ4n) is 1.34. The Hall–Kier alpha value is -0.890. The summed E-state index contributed by atoms with van der Waals surface area (Å²) in [5, 5.41) is 0. The molecular formula is C10H14ClNO. The number of hydrogen-bond donors (Lipinski definition) is 0. The van der Waals surface area contributed by atoms with Gasteiger partial charge >= 0.3 is 0 Å². The molecule has 0 atom stereocenters. The summed E-state index contributed by atoms with van der Waals surface area (Å²) in [6.07, 6.45) is 3.96. The fourth-order valence-corrected chi connectivity index (χ4v) is 1.34. The van der Waals surface area contributed by atoms with Crippen LogP contribution in [0.25, 0.3) is 0 Å². The molecule has 1 rings (SSSR count). The molecule has 0 fully saturated rings. The number of Topliss-reactive ketones (excluding diaryl/α,β-unsaturated/α-hetero) is 1. The minimum absolute atomic E-state index is 0. The minimum atomic E-state index is 0. The third kappa shape index (κ3) is 4.04. The van der Waals surface area contributed by atoms with Gasteiger partial charge in [0.15, 0.2) is 18.2 Å².